The van der Waals surface area contributed by atoms with Gasteiger partial charge in [0.2, 0.25) is 5.91 Å². The van der Waals surface area contributed by atoms with Crippen molar-refractivity contribution in [3.8, 4) is 0 Å². The lowest BCUT2D eigenvalue weighted by atomic mass is 9.92. The van der Waals surface area contributed by atoms with Gasteiger partial charge in [-0.15, -0.1) is 0 Å². The fourth-order valence-electron chi connectivity index (χ4n) is 4.54. The third-order valence-corrected chi connectivity index (χ3v) is 6.11. The largest absolute Gasteiger partial charge is 0.383 e. The average molecular weight is 389 g/mol. The van der Waals surface area contributed by atoms with Gasteiger partial charge in [-0.25, -0.2) is 0 Å². The number of likely N-dealkylation sites (tertiary alicyclic amines) is 2. The molecule has 3 heterocycles. The zero-order valence-electron chi connectivity index (χ0n) is 17.7. The number of rotatable bonds is 7. The molecular formula is C22H36N4O2. The number of aryl methyl sites for hydroxylation is 1. The van der Waals surface area contributed by atoms with Gasteiger partial charge in [0, 0.05) is 50.4 Å². The Kier molecular flexibility index (Phi) is 7.82. The first kappa shape index (κ1) is 21.2. The number of nitrogens with one attached hydrogen (secondary N) is 1. The Balaban J connectivity index is 1.38. The molecule has 2 aliphatic rings. The van der Waals surface area contributed by atoms with Crippen molar-refractivity contribution in [1.29, 1.82) is 0 Å². The maximum absolute atomic E-state index is 12.4. The molecule has 6 heteroatoms. The minimum Gasteiger partial charge on any atom is -0.383 e. The smallest absolute Gasteiger partial charge is 0.223 e. The predicted octanol–water partition coefficient (Wildman–Crippen LogP) is 2.22. The maximum atomic E-state index is 12.4. The molecule has 0 aromatic carbocycles. The van der Waals surface area contributed by atoms with Crippen LogP contribution in [0.1, 0.15) is 44.0 Å². The van der Waals surface area contributed by atoms with Gasteiger partial charge in [0.15, 0.2) is 0 Å². The Morgan fingerprint density at radius 1 is 1.21 bits per heavy atom. The van der Waals surface area contributed by atoms with Crippen LogP contribution in [0.3, 0.4) is 0 Å². The lowest BCUT2D eigenvalue weighted by Gasteiger charge is -2.41. The van der Waals surface area contributed by atoms with E-state index >= 15 is 0 Å². The summed E-state index contributed by atoms with van der Waals surface area (Å²) in [7, 11) is 1.67. The summed E-state index contributed by atoms with van der Waals surface area (Å²) in [6.07, 6.45) is 4.37. The first-order valence-electron chi connectivity index (χ1n) is 10.7. The quantitative estimate of drug-likeness (QED) is 0.776. The highest BCUT2D eigenvalue weighted by Gasteiger charge is 2.31. The van der Waals surface area contributed by atoms with E-state index in [9.17, 15) is 4.79 Å². The van der Waals surface area contributed by atoms with Crippen molar-refractivity contribution in [2.24, 2.45) is 5.92 Å². The van der Waals surface area contributed by atoms with Gasteiger partial charge >= 0.3 is 0 Å². The highest BCUT2D eigenvalue weighted by Crippen LogP contribution is 2.24. The summed E-state index contributed by atoms with van der Waals surface area (Å²) in [6, 6.07) is 7.03. The Hall–Kier alpha value is -1.50. The van der Waals surface area contributed by atoms with E-state index in [2.05, 4.69) is 45.2 Å². The van der Waals surface area contributed by atoms with Crippen molar-refractivity contribution in [2.75, 3.05) is 39.9 Å². The number of hydrogen-bond donors (Lipinski definition) is 1. The van der Waals surface area contributed by atoms with Gasteiger partial charge < -0.3 is 15.0 Å². The molecule has 0 unspecified atom stereocenters. The molecule has 156 valence electrons. The molecule has 2 fully saturated rings. The van der Waals surface area contributed by atoms with E-state index in [4.69, 9.17) is 4.74 Å². The number of carbonyl (C=O) groups is 1. The van der Waals surface area contributed by atoms with Crippen molar-refractivity contribution in [2.45, 2.75) is 58.2 Å². The average Bonchev–Trinajstić information content (AvgIpc) is 2.69. The Bertz CT molecular complexity index is 623. The second-order valence-electron chi connectivity index (χ2n) is 8.45. The number of methoxy groups -OCH3 is 1. The molecule has 0 spiro atoms. The van der Waals surface area contributed by atoms with E-state index in [0.29, 0.717) is 12.6 Å². The van der Waals surface area contributed by atoms with Gasteiger partial charge in [-0.05, 0) is 64.8 Å². The first-order chi connectivity index (χ1) is 13.5. The monoisotopic (exact) mass is 388 g/mol. The number of pyridine rings is 1. The van der Waals surface area contributed by atoms with Crippen LogP contribution in [0.4, 0.5) is 0 Å². The molecule has 2 saturated heterocycles. The number of nitrogens with zero attached hydrogens (tertiary/aromatic N) is 3. The maximum Gasteiger partial charge on any atom is 0.223 e. The van der Waals surface area contributed by atoms with Crippen molar-refractivity contribution in [1.82, 2.24) is 20.1 Å². The molecule has 0 aliphatic carbocycles. The first-order valence-corrected chi connectivity index (χ1v) is 10.7. The van der Waals surface area contributed by atoms with Crippen LogP contribution < -0.4 is 5.32 Å². The molecule has 1 aromatic rings. The lowest BCUT2D eigenvalue weighted by Crippen LogP contribution is -2.49. The molecule has 0 bridgehead atoms. The van der Waals surface area contributed by atoms with Crippen molar-refractivity contribution < 1.29 is 9.53 Å². The number of ether oxygens (including phenoxy) is 1. The van der Waals surface area contributed by atoms with Gasteiger partial charge in [0.05, 0.1) is 12.3 Å². The van der Waals surface area contributed by atoms with Gasteiger partial charge in [-0.2, -0.15) is 0 Å². The summed E-state index contributed by atoms with van der Waals surface area (Å²) >= 11 is 0. The van der Waals surface area contributed by atoms with E-state index in [0.717, 1.165) is 51.3 Å². The number of aromatic nitrogens is 1. The highest BCUT2D eigenvalue weighted by molar-refractivity contribution is 5.79. The predicted molar refractivity (Wildman–Crippen MR) is 111 cm³/mol. The molecule has 1 amide bonds. The second kappa shape index (κ2) is 10.3. The molecule has 28 heavy (non-hydrogen) atoms. The van der Waals surface area contributed by atoms with Crippen LogP contribution in [0.15, 0.2) is 18.2 Å². The summed E-state index contributed by atoms with van der Waals surface area (Å²) < 4.78 is 5.11. The van der Waals surface area contributed by atoms with Crippen molar-refractivity contribution >= 4 is 5.91 Å². The minimum atomic E-state index is 0.0859. The third kappa shape index (κ3) is 6.00. The molecule has 2 aliphatic heterocycles. The number of carbonyl (C=O) groups excluding carboxylic acids is 1. The SMILES string of the molecule is COC[C@@H](C)NC(=O)C1CCN(C2CCN(Cc3cccc(C)n3)CC2)CC1. The molecule has 6 nitrogen and oxygen atoms in total. The molecule has 3 rings (SSSR count). The summed E-state index contributed by atoms with van der Waals surface area (Å²) in [5.41, 5.74) is 2.27. The van der Waals surface area contributed by atoms with Gasteiger partial charge in [-0.3, -0.25) is 14.7 Å². The molecular weight excluding hydrogens is 352 g/mol. The zero-order chi connectivity index (χ0) is 19.9. The van der Waals surface area contributed by atoms with Crippen molar-refractivity contribution in [3.63, 3.8) is 0 Å². The number of amides is 1. The van der Waals surface area contributed by atoms with E-state index < -0.39 is 0 Å². The van der Waals surface area contributed by atoms with Crippen LogP contribution in [0.25, 0.3) is 0 Å². The van der Waals surface area contributed by atoms with E-state index in [1.807, 2.05) is 6.92 Å². The van der Waals surface area contributed by atoms with Gasteiger partial charge in [0.25, 0.3) is 0 Å². The summed E-state index contributed by atoms with van der Waals surface area (Å²) in [6.45, 7) is 9.93. The highest BCUT2D eigenvalue weighted by atomic mass is 16.5. The topological polar surface area (TPSA) is 57.7 Å². The van der Waals surface area contributed by atoms with Crippen LogP contribution in [-0.2, 0) is 16.1 Å². The van der Waals surface area contributed by atoms with Crippen molar-refractivity contribution in [3.05, 3.63) is 29.6 Å². The van der Waals surface area contributed by atoms with Crippen LogP contribution in [0.5, 0.6) is 0 Å². The Morgan fingerprint density at radius 3 is 2.57 bits per heavy atom. The van der Waals surface area contributed by atoms with E-state index in [1.54, 1.807) is 7.11 Å². The van der Waals surface area contributed by atoms with Crippen LogP contribution >= 0.6 is 0 Å². The van der Waals surface area contributed by atoms with Crippen LogP contribution in [0, 0.1) is 12.8 Å². The fourth-order valence-corrected chi connectivity index (χ4v) is 4.54. The summed E-state index contributed by atoms with van der Waals surface area (Å²) in [4.78, 5) is 22.2. The van der Waals surface area contributed by atoms with E-state index in [1.165, 1.54) is 18.5 Å². The van der Waals surface area contributed by atoms with Crippen LogP contribution in [-0.4, -0.2) is 72.7 Å². The second-order valence-corrected chi connectivity index (χ2v) is 8.45. The molecule has 0 radical (unpaired) electrons. The van der Waals surface area contributed by atoms with Gasteiger partial charge in [-0.1, -0.05) is 6.07 Å². The molecule has 1 atom stereocenters. The standard InChI is InChI=1S/C22H36N4O2/c1-17-5-4-6-20(23-17)15-25-11-9-21(10-12-25)26-13-7-19(8-14-26)22(27)24-18(2)16-28-3/h4-6,18-19,21H,7-16H2,1-3H3,(H,24,27)/t18-/m1/s1. The molecule has 1 N–H and O–H groups in total. The number of hydrogen-bond acceptors (Lipinski definition) is 5. The Labute approximate surface area is 169 Å². The zero-order valence-corrected chi connectivity index (χ0v) is 17.7. The number of piperidine rings is 2. The fraction of sp³-hybridized carbons (Fsp3) is 0.727. The molecule has 0 saturated carbocycles. The molecule has 1 aromatic heterocycles. The van der Waals surface area contributed by atoms with Gasteiger partial charge in [0.1, 0.15) is 0 Å². The van der Waals surface area contributed by atoms with Crippen LogP contribution in [0.2, 0.25) is 0 Å². The van der Waals surface area contributed by atoms with E-state index in [-0.39, 0.29) is 17.9 Å². The third-order valence-electron chi connectivity index (χ3n) is 6.11. The summed E-state index contributed by atoms with van der Waals surface area (Å²) in [5, 5.41) is 3.08. The normalized spacial score (nSPS) is 21.5. The lowest BCUT2D eigenvalue weighted by molar-refractivity contribution is -0.127. The Morgan fingerprint density at radius 2 is 1.93 bits per heavy atom. The minimum absolute atomic E-state index is 0.0859. The summed E-state index contributed by atoms with van der Waals surface area (Å²) in [5.74, 6) is 0.354.